The molecule has 1 saturated carbocycles. The molecule has 2 aliphatic heterocycles. The van der Waals surface area contributed by atoms with Crippen molar-refractivity contribution in [3.63, 3.8) is 0 Å². The van der Waals surface area contributed by atoms with Gasteiger partial charge in [-0.05, 0) is 110 Å². The second kappa shape index (κ2) is 10.5. The van der Waals surface area contributed by atoms with Crippen LogP contribution in [0.1, 0.15) is 77.5 Å². The van der Waals surface area contributed by atoms with Gasteiger partial charge >= 0.3 is 5.97 Å². The molecule has 2 heterocycles. The molecule has 0 aromatic heterocycles. The quantitative estimate of drug-likeness (QED) is 0.561. The maximum atomic E-state index is 15.3. The van der Waals surface area contributed by atoms with Gasteiger partial charge in [0.15, 0.2) is 11.6 Å². The van der Waals surface area contributed by atoms with Crippen molar-refractivity contribution in [1.82, 2.24) is 4.90 Å². The van der Waals surface area contributed by atoms with E-state index in [1.54, 1.807) is 0 Å². The summed E-state index contributed by atoms with van der Waals surface area (Å²) in [6.45, 7) is 7.90. The van der Waals surface area contributed by atoms with Gasteiger partial charge in [-0.3, -0.25) is 9.59 Å². The molecule has 0 atom stereocenters. The number of hydrogen-bond donors (Lipinski definition) is 1. The van der Waals surface area contributed by atoms with Crippen molar-refractivity contribution >= 4 is 11.9 Å². The number of halogens is 1. The van der Waals surface area contributed by atoms with E-state index in [4.69, 9.17) is 4.74 Å². The highest BCUT2D eigenvalue weighted by Crippen LogP contribution is 2.43. The number of hydrogen-bond acceptors (Lipinski definition) is 3. The summed E-state index contributed by atoms with van der Waals surface area (Å²) >= 11 is 0. The van der Waals surface area contributed by atoms with E-state index < -0.39 is 5.97 Å². The third-order valence-corrected chi connectivity index (χ3v) is 8.96. The van der Waals surface area contributed by atoms with Crippen LogP contribution in [0.2, 0.25) is 0 Å². The molecule has 0 spiro atoms. The Morgan fingerprint density at radius 3 is 2.30 bits per heavy atom. The average Bonchev–Trinajstić information content (AvgIpc) is 3.13. The summed E-state index contributed by atoms with van der Waals surface area (Å²) in [6.07, 6.45) is 8.38. The minimum atomic E-state index is -0.897. The fourth-order valence-corrected chi connectivity index (χ4v) is 6.96. The maximum absolute atomic E-state index is 15.3. The molecule has 1 amide bonds. The molecule has 2 aromatic carbocycles. The normalized spacial score (nSPS) is 18.0. The first-order valence-electron chi connectivity index (χ1n) is 13.9. The molecule has 5 nitrogen and oxygen atoms in total. The van der Waals surface area contributed by atoms with Gasteiger partial charge < -0.3 is 14.7 Å². The molecule has 1 N–H and O–H groups in total. The predicted molar refractivity (Wildman–Crippen MR) is 142 cm³/mol. The van der Waals surface area contributed by atoms with Gasteiger partial charge in [-0.2, -0.15) is 0 Å². The Hall–Kier alpha value is -2.89. The number of carboxylic acids is 1. The van der Waals surface area contributed by atoms with Gasteiger partial charge in [-0.1, -0.05) is 19.3 Å². The molecule has 37 heavy (non-hydrogen) atoms. The molecule has 0 radical (unpaired) electrons. The number of benzene rings is 2. The van der Waals surface area contributed by atoms with Crippen LogP contribution in [0.25, 0.3) is 11.1 Å². The Labute approximate surface area is 219 Å². The van der Waals surface area contributed by atoms with Crippen molar-refractivity contribution < 1.29 is 23.8 Å². The molecule has 3 aliphatic rings. The smallest absolute Gasteiger partial charge is 0.307 e. The second-order valence-corrected chi connectivity index (χ2v) is 11.1. The van der Waals surface area contributed by atoms with E-state index >= 15 is 4.39 Å². The zero-order chi connectivity index (χ0) is 26.3. The Morgan fingerprint density at radius 1 is 0.946 bits per heavy atom. The van der Waals surface area contributed by atoms with Gasteiger partial charge in [0.25, 0.3) is 0 Å². The molecule has 2 aromatic rings. The predicted octanol–water partition coefficient (Wildman–Crippen LogP) is 5.88. The minimum Gasteiger partial charge on any atom is -0.490 e. The van der Waals surface area contributed by atoms with E-state index in [1.165, 1.54) is 18.1 Å². The van der Waals surface area contributed by atoms with Crippen molar-refractivity contribution in [3.05, 3.63) is 50.8 Å². The van der Waals surface area contributed by atoms with Crippen LogP contribution < -0.4 is 4.74 Å². The number of rotatable bonds is 4. The van der Waals surface area contributed by atoms with Gasteiger partial charge in [-0.25, -0.2) is 4.39 Å². The van der Waals surface area contributed by atoms with Crippen molar-refractivity contribution in [2.24, 2.45) is 5.92 Å². The molecule has 5 rings (SSSR count). The first-order chi connectivity index (χ1) is 17.8. The molecule has 0 bridgehead atoms. The largest absolute Gasteiger partial charge is 0.490 e. The molecule has 6 heteroatoms. The summed E-state index contributed by atoms with van der Waals surface area (Å²) in [6, 6.07) is 1.54. The van der Waals surface area contributed by atoms with Gasteiger partial charge in [0.1, 0.15) is 0 Å². The minimum absolute atomic E-state index is 0.116. The van der Waals surface area contributed by atoms with E-state index in [0.29, 0.717) is 25.4 Å². The Kier molecular flexibility index (Phi) is 7.28. The monoisotopic (exact) mass is 507 g/mol. The summed E-state index contributed by atoms with van der Waals surface area (Å²) in [5, 5.41) is 9.84. The van der Waals surface area contributed by atoms with Crippen LogP contribution in [0.3, 0.4) is 0 Å². The lowest BCUT2D eigenvalue weighted by atomic mass is 9.80. The van der Waals surface area contributed by atoms with Gasteiger partial charge in [0.05, 0.1) is 13.0 Å². The second-order valence-electron chi connectivity index (χ2n) is 11.1. The zero-order valence-electron chi connectivity index (χ0n) is 22.3. The molecule has 1 aliphatic carbocycles. The summed E-state index contributed by atoms with van der Waals surface area (Å²) in [5.74, 6) is -0.521. The lowest BCUT2D eigenvalue weighted by Gasteiger charge is -2.28. The number of carboxylic acid groups (broad SMARTS) is 1. The topological polar surface area (TPSA) is 66.8 Å². The number of ether oxygens (including phenoxy) is 1. The Balaban J connectivity index is 1.59. The van der Waals surface area contributed by atoms with Gasteiger partial charge in [-0.15, -0.1) is 0 Å². The zero-order valence-corrected chi connectivity index (χ0v) is 22.3. The standard InChI is InChI=1S/C31H38FNO4/c1-18-22-11-13-33(31(36)21-8-5-4-6-9-21)14-12-23(22)20(3)29(26(18)17-28(34)35)25-16-27(32)30-24(19(25)2)10-7-15-37-30/h16,21H,4-15,17H2,1-3H3,(H,34,35). The number of nitrogens with zero attached hydrogens (tertiary/aromatic N) is 1. The van der Waals surface area contributed by atoms with Crippen molar-refractivity contribution in [2.75, 3.05) is 19.7 Å². The van der Waals surface area contributed by atoms with E-state index in [1.807, 2.05) is 25.7 Å². The maximum Gasteiger partial charge on any atom is 0.307 e. The SMILES string of the molecule is Cc1c(-c2c(C)c3c(c(C)c2CC(=O)O)CCN(C(=O)C2CCCCC2)CC3)cc(F)c2c1CCCO2. The number of carbonyl (C=O) groups excluding carboxylic acids is 1. The van der Waals surface area contributed by atoms with Crippen molar-refractivity contribution in [1.29, 1.82) is 0 Å². The average molecular weight is 508 g/mol. The number of amides is 1. The Bertz CT molecular complexity index is 1240. The van der Waals surface area contributed by atoms with Crippen LogP contribution in [0.5, 0.6) is 5.75 Å². The van der Waals surface area contributed by atoms with Crippen LogP contribution in [-0.4, -0.2) is 41.6 Å². The van der Waals surface area contributed by atoms with Gasteiger partial charge in [0.2, 0.25) is 5.91 Å². The number of fused-ring (bicyclic) bond motifs is 2. The van der Waals surface area contributed by atoms with E-state index in [0.717, 1.165) is 95.9 Å². The van der Waals surface area contributed by atoms with Gasteiger partial charge in [0, 0.05) is 24.6 Å². The van der Waals surface area contributed by atoms with E-state index in [2.05, 4.69) is 0 Å². The highest BCUT2D eigenvalue weighted by Gasteiger charge is 2.31. The molecular weight excluding hydrogens is 469 g/mol. The van der Waals surface area contributed by atoms with Crippen molar-refractivity contribution in [2.45, 2.75) is 85.0 Å². The highest BCUT2D eigenvalue weighted by molar-refractivity contribution is 5.84. The number of aliphatic carboxylic acids is 1. The molecule has 1 fully saturated rings. The van der Waals surface area contributed by atoms with Crippen LogP contribution in [0, 0.1) is 32.5 Å². The molecule has 198 valence electrons. The summed E-state index contributed by atoms with van der Waals surface area (Å²) in [5.41, 5.74) is 8.56. The van der Waals surface area contributed by atoms with E-state index in [9.17, 15) is 14.7 Å². The lowest BCUT2D eigenvalue weighted by molar-refractivity contribution is -0.137. The molecule has 0 unspecified atom stereocenters. The van der Waals surface area contributed by atoms with Crippen LogP contribution in [0.4, 0.5) is 4.39 Å². The fourth-order valence-electron chi connectivity index (χ4n) is 6.96. The molecule has 0 saturated heterocycles. The first-order valence-corrected chi connectivity index (χ1v) is 13.9. The van der Waals surface area contributed by atoms with E-state index in [-0.39, 0.29) is 24.1 Å². The number of carbonyl (C=O) groups is 2. The van der Waals surface area contributed by atoms with Crippen LogP contribution in [-0.2, 0) is 35.3 Å². The van der Waals surface area contributed by atoms with Crippen LogP contribution >= 0.6 is 0 Å². The summed E-state index contributed by atoms with van der Waals surface area (Å²) < 4.78 is 20.9. The summed E-state index contributed by atoms with van der Waals surface area (Å²) in [7, 11) is 0. The van der Waals surface area contributed by atoms with Crippen LogP contribution in [0.15, 0.2) is 6.07 Å². The lowest BCUT2D eigenvalue weighted by Crippen LogP contribution is -2.38. The fraction of sp³-hybridized carbons (Fsp3) is 0.548. The Morgan fingerprint density at radius 2 is 1.62 bits per heavy atom. The molecular formula is C31H38FNO4. The third-order valence-electron chi connectivity index (χ3n) is 8.96. The third kappa shape index (κ3) is 4.75. The first kappa shape index (κ1) is 25.7. The summed E-state index contributed by atoms with van der Waals surface area (Å²) in [4.78, 5) is 27.4. The highest BCUT2D eigenvalue weighted by atomic mass is 19.1. The van der Waals surface area contributed by atoms with Crippen molar-refractivity contribution in [3.8, 4) is 16.9 Å².